The molecule has 0 saturated carbocycles. The number of nitro groups is 1. The molecule has 0 aliphatic rings. The molecule has 0 bridgehead atoms. The first-order chi connectivity index (χ1) is 13.8. The van der Waals surface area contributed by atoms with E-state index in [1.807, 2.05) is 0 Å². The molecule has 0 fully saturated rings. The van der Waals surface area contributed by atoms with Crippen LogP contribution in [0.2, 0.25) is 0 Å². The van der Waals surface area contributed by atoms with Gasteiger partial charge in [0.25, 0.3) is 0 Å². The summed E-state index contributed by atoms with van der Waals surface area (Å²) < 4.78 is 25.0. The normalized spacial score (nSPS) is 14.6. The average Bonchev–Trinajstić information content (AvgIpc) is 2.57. The van der Waals surface area contributed by atoms with E-state index >= 15 is 0 Å². The molecule has 0 unspecified atom stereocenters. The van der Waals surface area contributed by atoms with Gasteiger partial charge < -0.3 is 23.7 Å². The second kappa shape index (κ2) is 12.9. The second-order valence-corrected chi connectivity index (χ2v) is 5.80. The number of ether oxygens (including phenoxy) is 5. The second-order valence-electron chi connectivity index (χ2n) is 5.80. The molecule has 0 heterocycles. The number of hydrogen-bond donors (Lipinski definition) is 0. The Balaban J connectivity index is 6.33. The Morgan fingerprint density at radius 2 is 1.23 bits per heavy atom. The van der Waals surface area contributed by atoms with Crippen LogP contribution < -0.4 is 0 Å². The number of rotatable bonds is 11. The smallest absolute Gasteiger partial charge is 0.303 e. The molecule has 0 aromatic rings. The largest absolute Gasteiger partial charge is 0.462 e. The fraction of sp³-hybridized carbons (Fsp3) is 0.588. The molecule has 4 atom stereocenters. The van der Waals surface area contributed by atoms with Gasteiger partial charge in [-0.3, -0.25) is 34.1 Å². The molecule has 0 amide bonds. The molecule has 13 nitrogen and oxygen atoms in total. The van der Waals surface area contributed by atoms with E-state index in [-0.39, 0.29) is 0 Å². The molecule has 0 aromatic heterocycles. The number of carbonyl (C=O) groups excluding carboxylic acids is 5. The molecular formula is C17H23NO12. The zero-order valence-corrected chi connectivity index (χ0v) is 17.0. The Morgan fingerprint density at radius 3 is 1.63 bits per heavy atom. The van der Waals surface area contributed by atoms with E-state index in [0.717, 1.165) is 40.7 Å². The van der Waals surface area contributed by atoms with Crippen molar-refractivity contribution in [3.05, 3.63) is 22.4 Å². The molecule has 0 N–H and O–H groups in total. The van der Waals surface area contributed by atoms with Gasteiger partial charge in [0.15, 0.2) is 24.4 Å². The number of esters is 5. The van der Waals surface area contributed by atoms with Gasteiger partial charge in [-0.1, -0.05) is 0 Å². The highest BCUT2D eigenvalue weighted by Gasteiger charge is 2.43. The molecule has 0 aromatic carbocycles. The van der Waals surface area contributed by atoms with Crippen LogP contribution in [0, 0.1) is 10.1 Å². The van der Waals surface area contributed by atoms with Crippen molar-refractivity contribution < 1.29 is 52.6 Å². The van der Waals surface area contributed by atoms with Crippen LogP contribution in [0.5, 0.6) is 0 Å². The van der Waals surface area contributed by atoms with Crippen LogP contribution in [0.25, 0.3) is 0 Å². The SMILES string of the molecule is CC(=O)OC[C@@H](OC(C)=O)[C@@H](OC(C)=O)[C@H](OC(C)=O)[C@@H](C=C[N+](=O)[O-])OC(C)=O. The minimum absolute atomic E-state index is 0.418. The maximum Gasteiger partial charge on any atom is 0.303 e. The Kier molecular flexibility index (Phi) is 11.3. The van der Waals surface area contributed by atoms with Crippen LogP contribution in [-0.2, 0) is 47.7 Å². The molecule has 0 radical (unpaired) electrons. The Labute approximate surface area is 171 Å². The topological polar surface area (TPSA) is 175 Å². The van der Waals surface area contributed by atoms with Crippen LogP contribution >= 0.6 is 0 Å². The molecule has 0 aliphatic carbocycles. The summed E-state index contributed by atoms with van der Waals surface area (Å²) in [5, 5.41) is 10.7. The minimum Gasteiger partial charge on any atom is -0.462 e. The summed E-state index contributed by atoms with van der Waals surface area (Å²) in [6.45, 7) is 4.42. The zero-order chi connectivity index (χ0) is 23.4. The number of hydrogen-bond acceptors (Lipinski definition) is 12. The average molecular weight is 433 g/mol. The van der Waals surface area contributed by atoms with Crippen LogP contribution in [0.1, 0.15) is 34.6 Å². The van der Waals surface area contributed by atoms with E-state index < -0.39 is 65.8 Å². The molecule has 13 heteroatoms. The highest BCUT2D eigenvalue weighted by Crippen LogP contribution is 2.21. The van der Waals surface area contributed by atoms with E-state index in [4.69, 9.17) is 23.7 Å². The van der Waals surface area contributed by atoms with E-state index in [1.165, 1.54) is 0 Å². The summed E-state index contributed by atoms with van der Waals surface area (Å²) in [5.41, 5.74) is 0. The lowest BCUT2D eigenvalue weighted by molar-refractivity contribution is -0.403. The van der Waals surface area contributed by atoms with Gasteiger partial charge in [0, 0.05) is 40.7 Å². The molecular weight excluding hydrogens is 410 g/mol. The predicted octanol–water partition coefficient (Wildman–Crippen LogP) is 0.0667. The Hall–Kier alpha value is -3.51. The maximum atomic E-state index is 11.6. The maximum absolute atomic E-state index is 11.6. The summed E-state index contributed by atoms with van der Waals surface area (Å²) in [4.78, 5) is 67.2. The molecule has 168 valence electrons. The third-order valence-electron chi connectivity index (χ3n) is 3.09. The van der Waals surface area contributed by atoms with E-state index in [1.54, 1.807) is 0 Å². The van der Waals surface area contributed by atoms with Crippen molar-refractivity contribution in [2.75, 3.05) is 6.61 Å². The highest BCUT2D eigenvalue weighted by molar-refractivity contribution is 5.69. The molecule has 0 spiro atoms. The van der Waals surface area contributed by atoms with E-state index in [9.17, 15) is 34.1 Å². The summed E-state index contributed by atoms with van der Waals surface area (Å²) in [7, 11) is 0. The van der Waals surface area contributed by atoms with Crippen molar-refractivity contribution >= 4 is 29.8 Å². The van der Waals surface area contributed by atoms with Gasteiger partial charge in [0.1, 0.15) is 6.61 Å². The van der Waals surface area contributed by atoms with Crippen molar-refractivity contribution in [2.24, 2.45) is 0 Å². The molecule has 30 heavy (non-hydrogen) atoms. The first kappa shape index (κ1) is 26.5. The fourth-order valence-corrected chi connectivity index (χ4v) is 2.23. The standard InChI is InChI=1S/C17H23NO12/c1-9(19)26-8-15(28-11(3)21)17(30-13(5)23)16(29-12(4)22)14(27-10(2)20)6-7-18(24)25/h6-7,14-17H,8H2,1-5H3/t14-,15-,16-,17-/m1/s1. The number of carbonyl (C=O) groups is 5. The third-order valence-corrected chi connectivity index (χ3v) is 3.09. The van der Waals surface area contributed by atoms with Gasteiger partial charge in [-0.2, -0.15) is 0 Å². The number of nitrogens with zero attached hydrogens (tertiary/aromatic N) is 1. The third kappa shape index (κ3) is 11.4. The van der Waals surface area contributed by atoms with Crippen LogP contribution in [-0.4, -0.2) is 65.8 Å². The lowest BCUT2D eigenvalue weighted by atomic mass is 10.0. The van der Waals surface area contributed by atoms with Gasteiger partial charge >= 0.3 is 29.8 Å². The van der Waals surface area contributed by atoms with E-state index in [0.29, 0.717) is 6.20 Å². The molecule has 0 saturated heterocycles. The summed E-state index contributed by atoms with van der Waals surface area (Å²) >= 11 is 0. The summed E-state index contributed by atoms with van der Waals surface area (Å²) in [6, 6.07) is 0. The van der Waals surface area contributed by atoms with Gasteiger partial charge in [0.05, 0.1) is 4.92 Å². The molecule has 0 rings (SSSR count). The van der Waals surface area contributed by atoms with Crippen molar-refractivity contribution in [1.82, 2.24) is 0 Å². The van der Waals surface area contributed by atoms with Crippen molar-refractivity contribution in [2.45, 2.75) is 59.0 Å². The first-order valence-corrected chi connectivity index (χ1v) is 8.47. The van der Waals surface area contributed by atoms with Gasteiger partial charge in [-0.05, 0) is 0 Å². The predicted molar refractivity (Wildman–Crippen MR) is 95.0 cm³/mol. The monoisotopic (exact) mass is 433 g/mol. The Morgan fingerprint density at radius 1 is 0.767 bits per heavy atom. The quantitative estimate of drug-likeness (QED) is 0.186. The summed E-state index contributed by atoms with van der Waals surface area (Å²) in [6.07, 6.45) is -5.26. The lowest BCUT2D eigenvalue weighted by Crippen LogP contribution is -2.52. The van der Waals surface area contributed by atoms with E-state index in [2.05, 4.69) is 0 Å². The summed E-state index contributed by atoms with van der Waals surface area (Å²) in [5.74, 6) is -4.39. The lowest BCUT2D eigenvalue weighted by Gasteiger charge is -2.34. The highest BCUT2D eigenvalue weighted by atomic mass is 16.6. The van der Waals surface area contributed by atoms with Gasteiger partial charge in [-0.25, -0.2) is 0 Å². The fourth-order valence-electron chi connectivity index (χ4n) is 2.23. The van der Waals surface area contributed by atoms with Crippen LogP contribution in [0.4, 0.5) is 0 Å². The Bertz CT molecular complexity index is 701. The van der Waals surface area contributed by atoms with Gasteiger partial charge in [0.2, 0.25) is 6.20 Å². The van der Waals surface area contributed by atoms with Crippen molar-refractivity contribution in [1.29, 1.82) is 0 Å². The zero-order valence-electron chi connectivity index (χ0n) is 17.0. The van der Waals surface area contributed by atoms with Crippen LogP contribution in [0.15, 0.2) is 12.3 Å². The first-order valence-electron chi connectivity index (χ1n) is 8.47. The van der Waals surface area contributed by atoms with Gasteiger partial charge in [-0.15, -0.1) is 0 Å². The van der Waals surface area contributed by atoms with Crippen molar-refractivity contribution in [3.63, 3.8) is 0 Å². The van der Waals surface area contributed by atoms with Crippen molar-refractivity contribution in [3.8, 4) is 0 Å². The minimum atomic E-state index is -1.69. The molecule has 0 aliphatic heterocycles. The van der Waals surface area contributed by atoms with Crippen LogP contribution in [0.3, 0.4) is 0 Å².